The van der Waals surface area contributed by atoms with Gasteiger partial charge in [-0.1, -0.05) is 18.2 Å². The van der Waals surface area contributed by atoms with E-state index in [9.17, 15) is 9.59 Å². The average molecular weight is 315 g/mol. The third kappa shape index (κ3) is 2.85. The number of nitrogens with zero attached hydrogens (tertiary/aromatic N) is 2. The van der Waals surface area contributed by atoms with Gasteiger partial charge in [0.1, 0.15) is 5.54 Å². The molecule has 2 aliphatic rings. The number of carbonyl (C=O) groups excluding carboxylic acids is 2. The maximum atomic E-state index is 13.1. The van der Waals surface area contributed by atoms with Crippen LogP contribution in [0.2, 0.25) is 0 Å². The third-order valence-corrected chi connectivity index (χ3v) is 5.27. The second kappa shape index (κ2) is 6.32. The van der Waals surface area contributed by atoms with Gasteiger partial charge in [0.25, 0.3) is 5.91 Å². The van der Waals surface area contributed by atoms with E-state index in [4.69, 9.17) is 5.73 Å². The zero-order valence-corrected chi connectivity index (χ0v) is 13.7. The standard InChI is InChI=1S/C18H25N3O2/c1-18(17(23)20-11-8-14(12-19)13-20)9-5-10-21(18)16(22)15-6-3-2-4-7-15/h2-4,6-7,14H,5,8-13,19H2,1H3. The summed E-state index contributed by atoms with van der Waals surface area (Å²) in [6.07, 6.45) is 2.56. The Labute approximate surface area is 137 Å². The van der Waals surface area contributed by atoms with E-state index in [1.807, 2.05) is 42.2 Å². The predicted molar refractivity (Wildman–Crippen MR) is 88.9 cm³/mol. The molecule has 2 heterocycles. The molecule has 3 rings (SSSR count). The van der Waals surface area contributed by atoms with Crippen molar-refractivity contribution in [2.75, 3.05) is 26.2 Å². The molecule has 0 saturated carbocycles. The van der Waals surface area contributed by atoms with Gasteiger partial charge in [0.15, 0.2) is 0 Å². The molecule has 0 aromatic heterocycles. The molecular weight excluding hydrogens is 290 g/mol. The summed E-state index contributed by atoms with van der Waals surface area (Å²) in [5.41, 5.74) is 5.65. The second-order valence-electron chi connectivity index (χ2n) is 6.84. The molecule has 2 unspecified atom stereocenters. The van der Waals surface area contributed by atoms with E-state index in [0.29, 0.717) is 24.6 Å². The summed E-state index contributed by atoms with van der Waals surface area (Å²) in [5, 5.41) is 0. The fourth-order valence-corrected chi connectivity index (χ4v) is 3.80. The highest BCUT2D eigenvalue weighted by Crippen LogP contribution is 2.33. The summed E-state index contributed by atoms with van der Waals surface area (Å²) in [4.78, 5) is 29.6. The van der Waals surface area contributed by atoms with Crippen molar-refractivity contribution in [2.45, 2.75) is 31.7 Å². The smallest absolute Gasteiger partial charge is 0.254 e. The summed E-state index contributed by atoms with van der Waals surface area (Å²) in [5.74, 6) is 0.422. The van der Waals surface area contributed by atoms with Crippen LogP contribution in [0.1, 0.15) is 36.5 Å². The normalized spacial score (nSPS) is 27.5. The van der Waals surface area contributed by atoms with Crippen LogP contribution in [0.15, 0.2) is 30.3 Å². The first-order chi connectivity index (χ1) is 11.1. The van der Waals surface area contributed by atoms with E-state index in [1.54, 1.807) is 4.90 Å². The van der Waals surface area contributed by atoms with Crippen LogP contribution in [-0.4, -0.2) is 53.3 Å². The molecule has 1 aromatic rings. The number of amides is 2. The number of carbonyl (C=O) groups is 2. The zero-order chi connectivity index (χ0) is 16.4. The molecule has 2 atom stereocenters. The average Bonchev–Trinajstić information content (AvgIpc) is 3.21. The molecule has 23 heavy (non-hydrogen) atoms. The van der Waals surface area contributed by atoms with Gasteiger partial charge in [-0.25, -0.2) is 0 Å². The summed E-state index contributed by atoms with van der Waals surface area (Å²) in [6.45, 7) is 4.65. The van der Waals surface area contributed by atoms with E-state index in [2.05, 4.69) is 0 Å². The minimum absolute atomic E-state index is 0.0477. The lowest BCUT2D eigenvalue weighted by Gasteiger charge is -2.37. The topological polar surface area (TPSA) is 66.6 Å². The van der Waals surface area contributed by atoms with Crippen LogP contribution in [0.5, 0.6) is 0 Å². The SMILES string of the molecule is CC1(C(=O)N2CCC(CN)C2)CCCN1C(=O)c1ccccc1. The van der Waals surface area contributed by atoms with Crippen molar-refractivity contribution in [2.24, 2.45) is 11.7 Å². The lowest BCUT2D eigenvalue weighted by molar-refractivity contribution is -0.139. The lowest BCUT2D eigenvalue weighted by atomic mass is 9.96. The van der Waals surface area contributed by atoms with Crippen molar-refractivity contribution >= 4 is 11.8 Å². The van der Waals surface area contributed by atoms with Crippen LogP contribution in [0.4, 0.5) is 0 Å². The maximum absolute atomic E-state index is 13.1. The first-order valence-electron chi connectivity index (χ1n) is 8.42. The number of nitrogens with two attached hydrogens (primary N) is 1. The van der Waals surface area contributed by atoms with Crippen LogP contribution < -0.4 is 5.73 Å². The molecule has 2 N–H and O–H groups in total. The van der Waals surface area contributed by atoms with Crippen molar-refractivity contribution in [3.05, 3.63) is 35.9 Å². The van der Waals surface area contributed by atoms with Crippen molar-refractivity contribution < 1.29 is 9.59 Å². The molecule has 2 aliphatic heterocycles. The van der Waals surface area contributed by atoms with Gasteiger partial charge in [0.05, 0.1) is 0 Å². The minimum Gasteiger partial charge on any atom is -0.340 e. The Morgan fingerprint density at radius 1 is 1.26 bits per heavy atom. The first kappa shape index (κ1) is 16.0. The van der Waals surface area contributed by atoms with Gasteiger partial charge < -0.3 is 15.5 Å². The summed E-state index contributed by atoms with van der Waals surface area (Å²) in [6, 6.07) is 9.23. The fourth-order valence-electron chi connectivity index (χ4n) is 3.80. The number of likely N-dealkylation sites (tertiary alicyclic amines) is 2. The second-order valence-corrected chi connectivity index (χ2v) is 6.84. The monoisotopic (exact) mass is 315 g/mol. The van der Waals surface area contributed by atoms with E-state index in [-0.39, 0.29) is 11.8 Å². The molecule has 0 radical (unpaired) electrons. The highest BCUT2D eigenvalue weighted by Gasteiger charge is 2.48. The van der Waals surface area contributed by atoms with Crippen LogP contribution >= 0.6 is 0 Å². The molecule has 0 bridgehead atoms. The molecule has 2 amide bonds. The first-order valence-corrected chi connectivity index (χ1v) is 8.42. The maximum Gasteiger partial charge on any atom is 0.254 e. The quantitative estimate of drug-likeness (QED) is 0.919. The number of benzene rings is 1. The molecule has 1 aromatic carbocycles. The number of hydrogen-bond acceptors (Lipinski definition) is 3. The summed E-state index contributed by atoms with van der Waals surface area (Å²) in [7, 11) is 0. The van der Waals surface area contributed by atoms with Crippen LogP contribution in [0.3, 0.4) is 0 Å². The highest BCUT2D eigenvalue weighted by molar-refractivity contribution is 5.99. The highest BCUT2D eigenvalue weighted by atomic mass is 16.2. The van der Waals surface area contributed by atoms with E-state index in [0.717, 1.165) is 32.4 Å². The Balaban J connectivity index is 1.79. The van der Waals surface area contributed by atoms with Crippen molar-refractivity contribution in [1.29, 1.82) is 0 Å². The Hall–Kier alpha value is -1.88. The molecular formula is C18H25N3O2. The van der Waals surface area contributed by atoms with Crippen molar-refractivity contribution in [1.82, 2.24) is 9.80 Å². The Kier molecular flexibility index (Phi) is 4.39. The molecule has 2 fully saturated rings. The van der Waals surface area contributed by atoms with Crippen molar-refractivity contribution in [3.8, 4) is 0 Å². The number of hydrogen-bond donors (Lipinski definition) is 1. The van der Waals surface area contributed by atoms with Gasteiger partial charge in [-0.3, -0.25) is 9.59 Å². The van der Waals surface area contributed by atoms with Gasteiger partial charge in [0.2, 0.25) is 5.91 Å². The van der Waals surface area contributed by atoms with E-state index >= 15 is 0 Å². The third-order valence-electron chi connectivity index (χ3n) is 5.27. The van der Waals surface area contributed by atoms with Crippen LogP contribution in [0, 0.1) is 5.92 Å². The zero-order valence-electron chi connectivity index (χ0n) is 13.7. The van der Waals surface area contributed by atoms with Gasteiger partial charge >= 0.3 is 0 Å². The van der Waals surface area contributed by atoms with Gasteiger partial charge in [-0.2, -0.15) is 0 Å². The molecule has 0 aliphatic carbocycles. The minimum atomic E-state index is -0.726. The predicted octanol–water partition coefficient (Wildman–Crippen LogP) is 1.49. The largest absolute Gasteiger partial charge is 0.340 e. The summed E-state index contributed by atoms with van der Waals surface area (Å²) >= 11 is 0. The summed E-state index contributed by atoms with van der Waals surface area (Å²) < 4.78 is 0. The molecule has 5 nitrogen and oxygen atoms in total. The van der Waals surface area contributed by atoms with Gasteiger partial charge in [0, 0.05) is 25.2 Å². The van der Waals surface area contributed by atoms with Gasteiger partial charge in [-0.05, 0) is 50.8 Å². The Morgan fingerprint density at radius 2 is 2.00 bits per heavy atom. The molecule has 0 spiro atoms. The molecule has 2 saturated heterocycles. The van der Waals surface area contributed by atoms with Crippen molar-refractivity contribution in [3.63, 3.8) is 0 Å². The fraction of sp³-hybridized carbons (Fsp3) is 0.556. The van der Waals surface area contributed by atoms with Crippen LogP contribution in [-0.2, 0) is 4.79 Å². The lowest BCUT2D eigenvalue weighted by Crippen LogP contribution is -2.56. The number of rotatable bonds is 3. The van der Waals surface area contributed by atoms with Gasteiger partial charge in [-0.15, -0.1) is 0 Å². The Morgan fingerprint density at radius 3 is 2.65 bits per heavy atom. The van der Waals surface area contributed by atoms with E-state index < -0.39 is 5.54 Å². The molecule has 124 valence electrons. The van der Waals surface area contributed by atoms with Crippen LogP contribution in [0.25, 0.3) is 0 Å². The molecule has 5 heteroatoms. The van der Waals surface area contributed by atoms with E-state index in [1.165, 1.54) is 0 Å². The Bertz CT molecular complexity index is 589.